The molecular formula is C53H40N2. The summed E-state index contributed by atoms with van der Waals surface area (Å²) in [5, 5.41) is 5.13. The summed E-state index contributed by atoms with van der Waals surface area (Å²) in [4.78, 5) is 5.17. The molecule has 2 aliphatic carbocycles. The summed E-state index contributed by atoms with van der Waals surface area (Å²) in [7, 11) is 0. The van der Waals surface area contributed by atoms with Gasteiger partial charge in [-0.1, -0.05) is 148 Å². The van der Waals surface area contributed by atoms with Gasteiger partial charge in [-0.15, -0.1) is 0 Å². The highest BCUT2D eigenvalue weighted by atomic mass is 15.1. The second kappa shape index (κ2) is 12.0. The molecule has 0 saturated heterocycles. The largest absolute Gasteiger partial charge is 0.292 e. The lowest BCUT2D eigenvalue weighted by atomic mass is 9.79. The van der Waals surface area contributed by atoms with E-state index in [-0.39, 0.29) is 5.41 Å². The number of fused-ring (bicyclic) bond motifs is 7. The minimum absolute atomic E-state index is 0.108. The predicted molar refractivity (Wildman–Crippen MR) is 232 cm³/mol. The lowest BCUT2D eigenvalue weighted by molar-refractivity contribution is 0.661. The fourth-order valence-corrected chi connectivity index (χ4v) is 9.69. The Morgan fingerprint density at radius 3 is 2.04 bits per heavy atom. The zero-order chi connectivity index (χ0) is 36.8. The lowest BCUT2D eigenvalue weighted by Gasteiger charge is -2.24. The van der Waals surface area contributed by atoms with E-state index >= 15 is 0 Å². The van der Waals surface area contributed by atoms with Crippen LogP contribution in [-0.4, -0.2) is 9.55 Å². The quantitative estimate of drug-likeness (QED) is 0.167. The Hall–Kier alpha value is -6.51. The van der Waals surface area contributed by atoms with Gasteiger partial charge in [0.15, 0.2) is 0 Å². The van der Waals surface area contributed by atoms with Crippen LogP contribution in [0.1, 0.15) is 55.4 Å². The highest BCUT2D eigenvalue weighted by molar-refractivity contribution is 6.22. The number of benzene rings is 8. The number of allylic oxidation sites excluding steroid dienone is 1. The zero-order valence-electron chi connectivity index (χ0n) is 31.3. The van der Waals surface area contributed by atoms with E-state index in [9.17, 15) is 0 Å². The summed E-state index contributed by atoms with van der Waals surface area (Å²) in [5.74, 6) is 1.47. The number of para-hydroxylation sites is 3. The summed E-state index contributed by atoms with van der Waals surface area (Å²) in [6, 6.07) is 58.4. The maximum Gasteiger partial charge on any atom is 0.145 e. The fraction of sp³-hybridized carbons (Fsp3) is 0.113. The molecule has 0 bridgehead atoms. The van der Waals surface area contributed by atoms with Gasteiger partial charge in [0, 0.05) is 16.7 Å². The molecule has 55 heavy (non-hydrogen) atoms. The second-order valence-corrected chi connectivity index (χ2v) is 16.0. The van der Waals surface area contributed by atoms with Crippen LogP contribution in [0.25, 0.3) is 89.1 Å². The molecule has 0 aliphatic heterocycles. The Labute approximate surface area is 322 Å². The van der Waals surface area contributed by atoms with Gasteiger partial charge in [0.1, 0.15) is 5.82 Å². The summed E-state index contributed by atoms with van der Waals surface area (Å²) < 4.78 is 2.28. The van der Waals surface area contributed by atoms with Crippen molar-refractivity contribution in [3.63, 3.8) is 0 Å². The van der Waals surface area contributed by atoms with Crippen LogP contribution in [0.2, 0.25) is 0 Å². The van der Waals surface area contributed by atoms with Gasteiger partial charge in [-0.3, -0.25) is 4.57 Å². The second-order valence-electron chi connectivity index (χ2n) is 16.0. The fourth-order valence-electron chi connectivity index (χ4n) is 9.69. The Balaban J connectivity index is 1.18. The number of imidazole rings is 1. The average Bonchev–Trinajstić information content (AvgIpc) is 3.72. The standard InChI is InChI=1S/C53H40N2/c1-33-14-13-15-36-30-37(28-29-39(33)36)51-42-20-8-7-19-41(42)50(44-31-43-40-18-9-10-21-46(40)53(2,3)47(43)32-45(44)51)34-24-26-35(27-25-34)52-54-48-22-11-12-23-49(48)55(52)38-16-5-4-6-17-38/h4-13,15-33H,14H2,1-3H3. The Morgan fingerprint density at radius 2 is 1.22 bits per heavy atom. The molecule has 2 nitrogen and oxygen atoms in total. The Kier molecular flexibility index (Phi) is 6.97. The average molecular weight is 705 g/mol. The highest BCUT2D eigenvalue weighted by Gasteiger charge is 2.36. The molecule has 2 heteroatoms. The molecular weight excluding hydrogens is 665 g/mol. The number of nitrogens with zero attached hydrogens (tertiary/aromatic N) is 2. The first-order valence-electron chi connectivity index (χ1n) is 19.5. The first kappa shape index (κ1) is 32.0. The monoisotopic (exact) mass is 704 g/mol. The molecule has 1 aromatic heterocycles. The molecule has 262 valence electrons. The maximum atomic E-state index is 5.17. The predicted octanol–water partition coefficient (Wildman–Crippen LogP) is 14.2. The van der Waals surface area contributed by atoms with E-state index < -0.39 is 0 Å². The van der Waals surface area contributed by atoms with E-state index in [0.29, 0.717) is 5.92 Å². The van der Waals surface area contributed by atoms with Crippen molar-refractivity contribution in [1.29, 1.82) is 0 Å². The van der Waals surface area contributed by atoms with Gasteiger partial charge in [0.25, 0.3) is 0 Å². The molecule has 1 unspecified atom stereocenters. The van der Waals surface area contributed by atoms with Crippen molar-refractivity contribution in [2.45, 2.75) is 38.5 Å². The van der Waals surface area contributed by atoms with Crippen molar-refractivity contribution in [3.8, 4) is 50.5 Å². The molecule has 2 aliphatic rings. The van der Waals surface area contributed by atoms with Crippen LogP contribution in [0.4, 0.5) is 0 Å². The van der Waals surface area contributed by atoms with Crippen LogP contribution in [0, 0.1) is 0 Å². The SMILES string of the molecule is CC1CC=Cc2cc(-c3c4ccccc4c(-c4ccc(-c5nc6ccccc6n5-c5ccccc5)cc4)c4cc5c(cc34)C(C)(C)c3ccccc3-5)ccc21. The molecule has 9 aromatic rings. The third-order valence-corrected chi connectivity index (χ3v) is 12.4. The van der Waals surface area contributed by atoms with Crippen LogP contribution in [0.5, 0.6) is 0 Å². The highest BCUT2D eigenvalue weighted by Crippen LogP contribution is 2.53. The van der Waals surface area contributed by atoms with Crippen molar-refractivity contribution in [1.82, 2.24) is 9.55 Å². The van der Waals surface area contributed by atoms with Gasteiger partial charge in [-0.05, 0) is 132 Å². The van der Waals surface area contributed by atoms with Crippen LogP contribution in [0.15, 0.2) is 164 Å². The smallest absolute Gasteiger partial charge is 0.145 e. The topological polar surface area (TPSA) is 17.8 Å². The van der Waals surface area contributed by atoms with Crippen LogP contribution in [-0.2, 0) is 5.41 Å². The van der Waals surface area contributed by atoms with Crippen LogP contribution < -0.4 is 0 Å². The van der Waals surface area contributed by atoms with Gasteiger partial charge in [-0.25, -0.2) is 4.98 Å². The normalized spacial score (nSPS) is 15.4. The zero-order valence-corrected chi connectivity index (χ0v) is 31.3. The van der Waals surface area contributed by atoms with E-state index in [1.54, 1.807) is 0 Å². The Bertz CT molecular complexity index is 3030. The van der Waals surface area contributed by atoms with Gasteiger partial charge in [0.2, 0.25) is 0 Å². The van der Waals surface area contributed by atoms with Gasteiger partial charge in [-0.2, -0.15) is 0 Å². The first-order chi connectivity index (χ1) is 27.0. The molecule has 1 heterocycles. The molecule has 0 saturated carbocycles. The third kappa shape index (κ3) is 4.77. The van der Waals surface area contributed by atoms with Gasteiger partial charge in [0.05, 0.1) is 11.0 Å². The molecule has 11 rings (SSSR count). The van der Waals surface area contributed by atoms with Crippen molar-refractivity contribution in [2.75, 3.05) is 0 Å². The van der Waals surface area contributed by atoms with E-state index in [2.05, 4.69) is 195 Å². The summed E-state index contributed by atoms with van der Waals surface area (Å²) in [5.41, 5.74) is 17.5. The van der Waals surface area contributed by atoms with Gasteiger partial charge < -0.3 is 0 Å². The number of hydrogen-bond acceptors (Lipinski definition) is 1. The number of aromatic nitrogens is 2. The lowest BCUT2D eigenvalue weighted by Crippen LogP contribution is -2.14. The van der Waals surface area contributed by atoms with Crippen LogP contribution >= 0.6 is 0 Å². The summed E-state index contributed by atoms with van der Waals surface area (Å²) in [6.45, 7) is 7.11. The minimum Gasteiger partial charge on any atom is -0.292 e. The number of hydrogen-bond donors (Lipinski definition) is 0. The van der Waals surface area contributed by atoms with Crippen molar-refractivity contribution in [2.24, 2.45) is 0 Å². The Morgan fingerprint density at radius 1 is 0.564 bits per heavy atom. The number of rotatable bonds is 4. The van der Waals surface area contributed by atoms with E-state index in [1.165, 1.54) is 77.2 Å². The molecule has 8 aromatic carbocycles. The molecule has 0 spiro atoms. The molecule has 0 N–H and O–H groups in total. The summed E-state index contributed by atoms with van der Waals surface area (Å²) >= 11 is 0. The van der Waals surface area contributed by atoms with E-state index in [4.69, 9.17) is 4.98 Å². The van der Waals surface area contributed by atoms with Crippen molar-refractivity contribution >= 4 is 38.7 Å². The minimum atomic E-state index is -0.108. The molecule has 0 fully saturated rings. The van der Waals surface area contributed by atoms with E-state index in [0.717, 1.165) is 34.5 Å². The third-order valence-electron chi connectivity index (χ3n) is 12.4. The van der Waals surface area contributed by atoms with Gasteiger partial charge >= 0.3 is 0 Å². The van der Waals surface area contributed by atoms with E-state index in [1.807, 2.05) is 0 Å². The van der Waals surface area contributed by atoms with Crippen LogP contribution in [0.3, 0.4) is 0 Å². The molecule has 0 amide bonds. The van der Waals surface area contributed by atoms with Crippen molar-refractivity contribution in [3.05, 3.63) is 186 Å². The first-order valence-corrected chi connectivity index (χ1v) is 19.5. The molecule has 0 radical (unpaired) electrons. The maximum absolute atomic E-state index is 5.17. The summed E-state index contributed by atoms with van der Waals surface area (Å²) in [6.07, 6.45) is 5.75. The van der Waals surface area contributed by atoms with Crippen molar-refractivity contribution < 1.29 is 0 Å². The molecule has 1 atom stereocenters.